The number of likely N-dealkylation sites (N-methyl/N-ethyl adjacent to an activating group) is 1. The smallest absolute Gasteiger partial charge is 0.418 e. The van der Waals surface area contributed by atoms with Crippen LogP contribution in [0.3, 0.4) is 0 Å². The first-order valence-corrected chi connectivity index (χ1v) is 3.71. The molecule has 0 bridgehead atoms. The Bertz CT molecular complexity index is 203. The molecule has 0 aliphatic carbocycles. The molecule has 0 radical (unpaired) electrons. The summed E-state index contributed by atoms with van der Waals surface area (Å²) in [7, 11) is -3.93. The van der Waals surface area contributed by atoms with Gasteiger partial charge in [0.15, 0.2) is 0 Å². The lowest BCUT2D eigenvalue weighted by molar-refractivity contribution is 0.368. The van der Waals surface area contributed by atoms with Crippen LogP contribution in [0.4, 0.5) is 17.3 Å². The number of nitrogens with zero attached hydrogens (tertiary/aromatic N) is 1. The Balaban J connectivity index is 0.000000252. The standard InChI is InChI=1S/C7H11N.BF4/c1-7-3-5-8(2)6-4-7;2-1(3,4)5/h3-5H,6H2,1-2H3;/q;-1. The molecule has 0 N–H and O–H groups in total. The summed E-state index contributed by atoms with van der Waals surface area (Å²) in [5.74, 6) is 0. The Labute approximate surface area is 74.8 Å². The summed E-state index contributed by atoms with van der Waals surface area (Å²) in [6.45, 7) is 3.17. The number of rotatable bonds is 0. The van der Waals surface area contributed by atoms with Gasteiger partial charge in [0.25, 0.3) is 0 Å². The van der Waals surface area contributed by atoms with Crippen molar-refractivity contribution in [3.63, 3.8) is 0 Å². The van der Waals surface area contributed by atoms with E-state index in [0.29, 0.717) is 0 Å². The van der Waals surface area contributed by atoms with E-state index in [-0.39, 0.29) is 0 Å². The molecule has 0 saturated heterocycles. The Morgan fingerprint density at radius 3 is 2.00 bits per heavy atom. The molecule has 0 aromatic rings. The van der Waals surface area contributed by atoms with Crippen molar-refractivity contribution in [2.24, 2.45) is 0 Å². The molecule has 0 saturated carbocycles. The van der Waals surface area contributed by atoms with E-state index in [1.54, 1.807) is 0 Å². The second-order valence-electron chi connectivity index (χ2n) is 2.70. The van der Waals surface area contributed by atoms with E-state index < -0.39 is 7.25 Å². The van der Waals surface area contributed by atoms with E-state index in [9.17, 15) is 17.3 Å². The van der Waals surface area contributed by atoms with Gasteiger partial charge in [0.2, 0.25) is 0 Å². The van der Waals surface area contributed by atoms with Gasteiger partial charge in [-0.3, -0.25) is 0 Å². The molecule has 0 unspecified atom stereocenters. The van der Waals surface area contributed by atoms with E-state index >= 15 is 0 Å². The van der Waals surface area contributed by atoms with Crippen molar-refractivity contribution in [3.05, 3.63) is 23.9 Å². The van der Waals surface area contributed by atoms with E-state index in [1.165, 1.54) is 5.57 Å². The molecule has 1 nitrogen and oxygen atoms in total. The van der Waals surface area contributed by atoms with Crippen LogP contribution in [0.5, 0.6) is 0 Å². The third kappa shape index (κ3) is 11.1. The fraction of sp³-hybridized carbons (Fsp3) is 0.429. The van der Waals surface area contributed by atoms with Gasteiger partial charge in [-0.25, -0.2) is 0 Å². The molecule has 0 fully saturated rings. The number of hydrogen-bond donors (Lipinski definition) is 0. The van der Waals surface area contributed by atoms with Crippen molar-refractivity contribution < 1.29 is 17.3 Å². The first-order valence-electron chi connectivity index (χ1n) is 3.71. The summed E-state index contributed by atoms with van der Waals surface area (Å²) < 4.78 is 39.0. The molecular formula is C7H11BF4N-. The molecule has 0 spiro atoms. The van der Waals surface area contributed by atoms with E-state index in [1.807, 2.05) is 0 Å². The average Bonchev–Trinajstić information content (AvgIpc) is 1.92. The van der Waals surface area contributed by atoms with Crippen LogP contribution in [-0.2, 0) is 0 Å². The summed E-state index contributed by atoms with van der Waals surface area (Å²) >= 11 is 0. The van der Waals surface area contributed by atoms with E-state index in [0.717, 1.165) is 6.54 Å². The Hall–Kier alpha value is -0.935. The minimum absolute atomic E-state index is 1.06. The average molecular weight is 196 g/mol. The predicted molar refractivity (Wildman–Crippen MR) is 45.7 cm³/mol. The van der Waals surface area contributed by atoms with Gasteiger partial charge in [-0.2, -0.15) is 0 Å². The zero-order chi connectivity index (χ0) is 10.5. The van der Waals surface area contributed by atoms with Crippen molar-refractivity contribution in [1.29, 1.82) is 0 Å². The molecule has 0 amide bonds. The highest BCUT2D eigenvalue weighted by molar-refractivity contribution is 6.50. The van der Waals surface area contributed by atoms with E-state index in [2.05, 4.69) is 37.2 Å². The number of allylic oxidation sites excluding steroid dienone is 2. The van der Waals surface area contributed by atoms with Crippen molar-refractivity contribution in [3.8, 4) is 0 Å². The van der Waals surface area contributed by atoms with Crippen molar-refractivity contribution >= 4 is 7.25 Å². The Kier molecular flexibility index (Phi) is 4.58. The second-order valence-corrected chi connectivity index (χ2v) is 2.70. The third-order valence-corrected chi connectivity index (χ3v) is 1.29. The highest BCUT2D eigenvalue weighted by atomic mass is 19.5. The Morgan fingerprint density at radius 1 is 1.31 bits per heavy atom. The maximum Gasteiger partial charge on any atom is 0.673 e. The van der Waals surface area contributed by atoms with E-state index in [4.69, 9.17) is 0 Å². The largest absolute Gasteiger partial charge is 0.673 e. The highest BCUT2D eigenvalue weighted by Gasteiger charge is 2.20. The zero-order valence-corrected chi connectivity index (χ0v) is 7.48. The number of hydrogen-bond acceptors (Lipinski definition) is 1. The summed E-state index contributed by atoms with van der Waals surface area (Å²) in [6.07, 6.45) is 6.42. The lowest BCUT2D eigenvalue weighted by atomic mass is 10.2. The van der Waals surface area contributed by atoms with Crippen LogP contribution < -0.4 is 0 Å². The van der Waals surface area contributed by atoms with Crippen LogP contribution in [0.25, 0.3) is 0 Å². The normalized spacial score (nSPS) is 16.2. The fourth-order valence-electron chi connectivity index (χ4n) is 0.662. The maximum atomic E-state index is 9.75. The topological polar surface area (TPSA) is 3.24 Å². The van der Waals surface area contributed by atoms with Crippen molar-refractivity contribution in [2.45, 2.75) is 6.92 Å². The van der Waals surface area contributed by atoms with Crippen LogP contribution in [0, 0.1) is 0 Å². The zero-order valence-electron chi connectivity index (χ0n) is 7.48. The van der Waals surface area contributed by atoms with Crippen molar-refractivity contribution in [1.82, 2.24) is 4.90 Å². The maximum absolute atomic E-state index is 9.75. The first-order chi connectivity index (χ1) is 5.79. The van der Waals surface area contributed by atoms with Gasteiger partial charge in [0.1, 0.15) is 0 Å². The molecule has 1 heterocycles. The van der Waals surface area contributed by atoms with Crippen LogP contribution in [-0.4, -0.2) is 25.7 Å². The molecule has 0 aromatic heterocycles. The van der Waals surface area contributed by atoms with Gasteiger partial charge >= 0.3 is 7.25 Å². The molecule has 1 aliphatic rings. The highest BCUT2D eigenvalue weighted by Crippen LogP contribution is 2.06. The quantitative estimate of drug-likeness (QED) is 0.425. The molecular weight excluding hydrogens is 185 g/mol. The van der Waals surface area contributed by atoms with Gasteiger partial charge in [-0.15, -0.1) is 0 Å². The second kappa shape index (κ2) is 4.94. The van der Waals surface area contributed by atoms with Crippen LogP contribution in [0.15, 0.2) is 23.9 Å². The molecule has 13 heavy (non-hydrogen) atoms. The van der Waals surface area contributed by atoms with Crippen LogP contribution in [0.1, 0.15) is 6.92 Å². The first kappa shape index (κ1) is 12.1. The summed E-state index contributed by atoms with van der Waals surface area (Å²) in [5.41, 5.74) is 1.36. The fourth-order valence-corrected chi connectivity index (χ4v) is 0.662. The molecule has 1 aliphatic heterocycles. The molecule has 6 heteroatoms. The summed E-state index contributed by atoms with van der Waals surface area (Å²) in [5, 5.41) is 0. The molecule has 0 aromatic carbocycles. The van der Waals surface area contributed by atoms with Crippen LogP contribution in [0.2, 0.25) is 0 Å². The molecule has 1 rings (SSSR count). The van der Waals surface area contributed by atoms with Gasteiger partial charge in [0.05, 0.1) is 0 Å². The minimum Gasteiger partial charge on any atom is -0.418 e. The number of halogens is 4. The van der Waals surface area contributed by atoms with Gasteiger partial charge in [0, 0.05) is 13.6 Å². The lowest BCUT2D eigenvalue weighted by Gasteiger charge is -2.14. The van der Waals surface area contributed by atoms with Crippen LogP contribution >= 0.6 is 0 Å². The molecule has 0 atom stereocenters. The lowest BCUT2D eigenvalue weighted by Crippen LogP contribution is -2.12. The summed E-state index contributed by atoms with van der Waals surface area (Å²) in [4.78, 5) is 2.15. The SMILES string of the molecule is CC1=CCN(C)C=C1.F[B-](F)(F)F. The molecule has 76 valence electrons. The monoisotopic (exact) mass is 196 g/mol. The third-order valence-electron chi connectivity index (χ3n) is 1.29. The van der Waals surface area contributed by atoms with Gasteiger partial charge in [-0.1, -0.05) is 11.6 Å². The Morgan fingerprint density at radius 2 is 1.77 bits per heavy atom. The predicted octanol–water partition coefficient (Wildman–Crippen LogP) is 2.69. The van der Waals surface area contributed by atoms with Gasteiger partial charge in [-0.05, 0) is 19.2 Å². The van der Waals surface area contributed by atoms with Gasteiger partial charge < -0.3 is 22.2 Å². The van der Waals surface area contributed by atoms with Crippen molar-refractivity contribution in [2.75, 3.05) is 13.6 Å². The summed E-state index contributed by atoms with van der Waals surface area (Å²) in [6, 6.07) is 0. The minimum atomic E-state index is -6.00.